The maximum absolute atomic E-state index is 13.1. The van der Waals surface area contributed by atoms with Crippen molar-refractivity contribution in [1.29, 1.82) is 0 Å². The molecule has 14 heavy (non-hydrogen) atoms. The Labute approximate surface area is 77.5 Å². The van der Waals surface area contributed by atoms with Crippen molar-refractivity contribution in [1.82, 2.24) is 4.98 Å². The predicted octanol–water partition coefficient (Wildman–Crippen LogP) is 1.98. The van der Waals surface area contributed by atoms with Gasteiger partial charge in [-0.3, -0.25) is 4.79 Å². The minimum atomic E-state index is -3.07. The number of rotatable bonds is 3. The second kappa shape index (κ2) is 4.08. The van der Waals surface area contributed by atoms with Gasteiger partial charge in [0.2, 0.25) is 5.88 Å². The molecule has 1 heterocycles. The maximum Gasteiger partial charge on any atom is 0.271 e. The van der Waals surface area contributed by atoms with Crippen LogP contribution in [-0.4, -0.2) is 18.4 Å². The summed E-state index contributed by atoms with van der Waals surface area (Å²) in [5.74, 6) is -1.80. The summed E-state index contributed by atoms with van der Waals surface area (Å²) < 4.78 is 42.2. The van der Waals surface area contributed by atoms with Crippen molar-refractivity contribution < 1.29 is 22.7 Å². The van der Waals surface area contributed by atoms with E-state index in [1.54, 1.807) is 0 Å². The highest BCUT2D eigenvalue weighted by atomic mass is 19.3. The van der Waals surface area contributed by atoms with Gasteiger partial charge in [0.05, 0.1) is 12.7 Å². The molecule has 0 fully saturated rings. The summed E-state index contributed by atoms with van der Waals surface area (Å²) in [6.45, 7) is 0. The number of hydrogen-bond donors (Lipinski definition) is 0. The van der Waals surface area contributed by atoms with Gasteiger partial charge in [-0.25, -0.2) is 18.2 Å². The van der Waals surface area contributed by atoms with Gasteiger partial charge < -0.3 is 4.74 Å². The first-order valence-electron chi connectivity index (χ1n) is 3.57. The molecular formula is C8H6F3NO2. The maximum atomic E-state index is 13.1. The number of hydrogen-bond acceptors (Lipinski definition) is 3. The van der Waals surface area contributed by atoms with E-state index in [4.69, 9.17) is 0 Å². The van der Waals surface area contributed by atoms with Crippen molar-refractivity contribution in [2.24, 2.45) is 0 Å². The third kappa shape index (κ3) is 1.68. The zero-order valence-electron chi connectivity index (χ0n) is 7.13. The van der Waals surface area contributed by atoms with E-state index in [0.717, 1.165) is 13.3 Å². The van der Waals surface area contributed by atoms with Gasteiger partial charge in [-0.2, -0.15) is 0 Å². The van der Waals surface area contributed by atoms with Crippen LogP contribution in [0, 0.1) is 5.82 Å². The monoisotopic (exact) mass is 205 g/mol. The molecule has 0 saturated heterocycles. The largest absolute Gasteiger partial charge is 0.481 e. The SMILES string of the molecule is COc1ncc(C=O)c(F)c1C(F)F. The zero-order valence-corrected chi connectivity index (χ0v) is 7.13. The Balaban J connectivity index is 3.38. The summed E-state index contributed by atoms with van der Waals surface area (Å²) in [6.07, 6.45) is -2.11. The third-order valence-electron chi connectivity index (χ3n) is 1.58. The number of pyridine rings is 1. The molecule has 0 aliphatic rings. The van der Waals surface area contributed by atoms with E-state index in [-0.39, 0.29) is 6.29 Å². The molecule has 1 aromatic heterocycles. The van der Waals surface area contributed by atoms with Crippen LogP contribution in [-0.2, 0) is 0 Å². The fraction of sp³-hybridized carbons (Fsp3) is 0.250. The minimum Gasteiger partial charge on any atom is -0.481 e. The molecule has 1 aromatic rings. The molecule has 0 spiro atoms. The van der Waals surface area contributed by atoms with E-state index >= 15 is 0 Å². The highest BCUT2D eigenvalue weighted by molar-refractivity contribution is 5.75. The minimum absolute atomic E-state index is 0.119. The number of ether oxygens (including phenoxy) is 1. The fourth-order valence-corrected chi connectivity index (χ4v) is 0.938. The van der Waals surface area contributed by atoms with Gasteiger partial charge in [-0.05, 0) is 0 Å². The van der Waals surface area contributed by atoms with Crippen molar-refractivity contribution in [3.63, 3.8) is 0 Å². The average molecular weight is 205 g/mol. The molecule has 3 nitrogen and oxygen atoms in total. The lowest BCUT2D eigenvalue weighted by molar-refractivity contribution is 0.111. The lowest BCUT2D eigenvalue weighted by Gasteiger charge is -2.08. The van der Waals surface area contributed by atoms with Crippen molar-refractivity contribution in [2.45, 2.75) is 6.43 Å². The molecule has 0 aromatic carbocycles. The van der Waals surface area contributed by atoms with Crippen molar-refractivity contribution >= 4 is 6.29 Å². The molecule has 0 atom stereocenters. The first-order chi connectivity index (χ1) is 6.61. The Hall–Kier alpha value is -1.59. The number of carbonyl (C=O) groups excluding carboxylic acids is 1. The van der Waals surface area contributed by atoms with E-state index < -0.39 is 29.2 Å². The van der Waals surface area contributed by atoms with Crippen LogP contribution in [0.15, 0.2) is 6.20 Å². The van der Waals surface area contributed by atoms with Crippen molar-refractivity contribution in [3.05, 3.63) is 23.1 Å². The Bertz CT molecular complexity index is 355. The number of carbonyl (C=O) groups is 1. The summed E-state index contributed by atoms with van der Waals surface area (Å²) in [6, 6.07) is 0. The van der Waals surface area contributed by atoms with Crippen LogP contribution in [0.1, 0.15) is 22.3 Å². The summed E-state index contributed by atoms with van der Waals surface area (Å²) in [5, 5.41) is 0. The van der Waals surface area contributed by atoms with Crippen molar-refractivity contribution in [2.75, 3.05) is 7.11 Å². The standard InChI is InChI=1S/C8H6F3NO2/c1-14-8-5(7(10)11)6(9)4(3-13)2-12-8/h2-3,7H,1H3. The number of aldehydes is 1. The molecule has 1 rings (SSSR count). The Kier molecular flexibility index (Phi) is 3.06. The smallest absolute Gasteiger partial charge is 0.271 e. The number of alkyl halides is 2. The molecule has 0 N–H and O–H groups in total. The topological polar surface area (TPSA) is 39.2 Å². The van der Waals surface area contributed by atoms with Gasteiger partial charge in [0.1, 0.15) is 11.4 Å². The van der Waals surface area contributed by atoms with Crippen LogP contribution in [0.2, 0.25) is 0 Å². The second-order valence-corrected chi connectivity index (χ2v) is 2.37. The van der Waals surface area contributed by atoms with Gasteiger partial charge in [0.15, 0.2) is 6.29 Å². The van der Waals surface area contributed by atoms with Crippen LogP contribution in [0.4, 0.5) is 13.2 Å². The van der Waals surface area contributed by atoms with Gasteiger partial charge in [-0.15, -0.1) is 0 Å². The van der Waals surface area contributed by atoms with E-state index in [1.807, 2.05) is 0 Å². The third-order valence-corrected chi connectivity index (χ3v) is 1.58. The fourth-order valence-electron chi connectivity index (χ4n) is 0.938. The Morgan fingerprint density at radius 3 is 2.64 bits per heavy atom. The van der Waals surface area contributed by atoms with Gasteiger partial charge in [0, 0.05) is 6.20 Å². The van der Waals surface area contributed by atoms with Gasteiger partial charge in [-0.1, -0.05) is 0 Å². The first kappa shape index (κ1) is 10.5. The quantitative estimate of drug-likeness (QED) is 0.708. The Morgan fingerprint density at radius 1 is 1.57 bits per heavy atom. The second-order valence-electron chi connectivity index (χ2n) is 2.37. The predicted molar refractivity (Wildman–Crippen MR) is 41.1 cm³/mol. The van der Waals surface area contributed by atoms with Crippen LogP contribution in [0.3, 0.4) is 0 Å². The molecule has 0 amide bonds. The first-order valence-corrected chi connectivity index (χ1v) is 3.57. The van der Waals surface area contributed by atoms with Crippen molar-refractivity contribution in [3.8, 4) is 5.88 Å². The summed E-state index contributed by atoms with van der Waals surface area (Å²) in [4.78, 5) is 13.6. The Morgan fingerprint density at radius 2 is 2.21 bits per heavy atom. The van der Waals surface area contributed by atoms with Crippen LogP contribution < -0.4 is 4.74 Å². The number of halogens is 3. The molecule has 0 aliphatic carbocycles. The molecule has 0 saturated carbocycles. The molecule has 0 unspecified atom stereocenters. The number of methoxy groups -OCH3 is 1. The van der Waals surface area contributed by atoms with Gasteiger partial charge in [0.25, 0.3) is 6.43 Å². The molecule has 6 heteroatoms. The van der Waals surface area contributed by atoms with E-state index in [9.17, 15) is 18.0 Å². The highest BCUT2D eigenvalue weighted by Gasteiger charge is 2.23. The lowest BCUT2D eigenvalue weighted by atomic mass is 10.2. The van der Waals surface area contributed by atoms with E-state index in [2.05, 4.69) is 9.72 Å². The number of nitrogens with zero attached hydrogens (tertiary/aromatic N) is 1. The number of aromatic nitrogens is 1. The zero-order chi connectivity index (χ0) is 10.7. The molecule has 76 valence electrons. The molecular weight excluding hydrogens is 199 g/mol. The molecule has 0 aliphatic heterocycles. The lowest BCUT2D eigenvalue weighted by Crippen LogP contribution is -2.03. The normalized spacial score (nSPS) is 10.4. The summed E-state index contributed by atoms with van der Waals surface area (Å²) >= 11 is 0. The summed E-state index contributed by atoms with van der Waals surface area (Å²) in [7, 11) is 1.09. The van der Waals surface area contributed by atoms with E-state index in [1.165, 1.54) is 0 Å². The molecule has 0 bridgehead atoms. The van der Waals surface area contributed by atoms with E-state index in [0.29, 0.717) is 0 Å². The van der Waals surface area contributed by atoms with Crippen LogP contribution >= 0.6 is 0 Å². The molecule has 0 radical (unpaired) electrons. The average Bonchev–Trinajstić information content (AvgIpc) is 2.16. The van der Waals surface area contributed by atoms with Crippen LogP contribution in [0.5, 0.6) is 5.88 Å². The van der Waals surface area contributed by atoms with Crippen LogP contribution in [0.25, 0.3) is 0 Å². The summed E-state index contributed by atoms with van der Waals surface area (Å²) in [5.41, 5.74) is -1.50. The van der Waals surface area contributed by atoms with Gasteiger partial charge >= 0.3 is 0 Å². The highest BCUT2D eigenvalue weighted by Crippen LogP contribution is 2.30.